The maximum absolute atomic E-state index is 11.9. The molecular weight excluding hydrogens is 482 g/mol. The zero-order valence-electron chi connectivity index (χ0n) is 19.1. The van der Waals surface area contributed by atoms with E-state index in [9.17, 15) is 14.4 Å². The number of carboxylic acid groups (broad SMARTS) is 2. The quantitative estimate of drug-likeness (QED) is 0.281. The summed E-state index contributed by atoms with van der Waals surface area (Å²) in [6.45, 7) is 2.38. The Morgan fingerprint density at radius 3 is 2.60 bits per heavy atom. The molecule has 0 aliphatic rings. The summed E-state index contributed by atoms with van der Waals surface area (Å²) >= 11 is 6.26. The van der Waals surface area contributed by atoms with Crippen LogP contribution in [0.5, 0.6) is 5.75 Å². The van der Waals surface area contributed by atoms with Crippen LogP contribution in [-0.2, 0) is 16.1 Å². The van der Waals surface area contributed by atoms with Gasteiger partial charge in [0, 0.05) is 18.8 Å². The number of ether oxygens (including phenoxy) is 1. The second kappa shape index (κ2) is 13.5. The lowest BCUT2D eigenvalue weighted by Gasteiger charge is -2.15. The molecule has 11 nitrogen and oxygen atoms in total. The Morgan fingerprint density at radius 2 is 2.00 bits per heavy atom. The molecule has 1 aromatic carbocycles. The highest BCUT2D eigenvalue weighted by atomic mass is 35.5. The van der Waals surface area contributed by atoms with Crippen molar-refractivity contribution in [3.05, 3.63) is 57.8 Å². The molecule has 190 valence electrons. The van der Waals surface area contributed by atoms with E-state index < -0.39 is 23.8 Å². The molecule has 0 radical (unpaired) electrons. The molecule has 0 unspecified atom stereocenters. The minimum absolute atomic E-state index is 0.00202. The number of unbranched alkanes of at least 4 members (excludes halogenated alkanes) is 1. The van der Waals surface area contributed by atoms with Crippen LogP contribution in [0.15, 0.2) is 45.7 Å². The number of pyridine rings is 1. The van der Waals surface area contributed by atoms with Gasteiger partial charge in [0.15, 0.2) is 11.7 Å². The smallest absolute Gasteiger partial charge is 0.419 e. The number of aliphatic hydroxyl groups excluding tert-OH is 1. The maximum atomic E-state index is 11.9. The second-order valence-corrected chi connectivity index (χ2v) is 7.97. The van der Waals surface area contributed by atoms with Gasteiger partial charge >= 0.3 is 17.7 Å². The normalized spacial score (nSPS) is 12.5. The first-order valence-corrected chi connectivity index (χ1v) is 11.2. The predicted molar refractivity (Wildman–Crippen MR) is 128 cm³/mol. The lowest BCUT2D eigenvalue weighted by molar-refractivity contribution is -0.147. The number of oxazole rings is 1. The Bertz CT molecular complexity index is 1180. The maximum Gasteiger partial charge on any atom is 0.419 e. The Hall–Kier alpha value is -3.41. The summed E-state index contributed by atoms with van der Waals surface area (Å²) in [7, 11) is 0. The SMILES string of the molecule is C[C@@H](Oc1cc2oc(=O)n(CCC(=O)O)c2cc1Cl)c1ccccn1.NCCCC[C@H](O)C(=O)O. The van der Waals surface area contributed by atoms with Gasteiger partial charge < -0.3 is 30.2 Å². The summed E-state index contributed by atoms with van der Waals surface area (Å²) in [5.41, 5.74) is 6.60. The first-order chi connectivity index (χ1) is 16.6. The minimum Gasteiger partial charge on any atom is -0.483 e. The highest BCUT2D eigenvalue weighted by Crippen LogP contribution is 2.32. The van der Waals surface area contributed by atoms with Crippen molar-refractivity contribution in [1.82, 2.24) is 9.55 Å². The highest BCUT2D eigenvalue weighted by molar-refractivity contribution is 6.32. The van der Waals surface area contributed by atoms with Gasteiger partial charge in [-0.25, -0.2) is 9.59 Å². The number of aliphatic hydroxyl groups is 1. The Balaban J connectivity index is 0.000000367. The molecule has 0 fully saturated rings. The third-order valence-electron chi connectivity index (χ3n) is 4.90. The van der Waals surface area contributed by atoms with Crippen LogP contribution >= 0.6 is 11.6 Å². The Labute approximate surface area is 205 Å². The van der Waals surface area contributed by atoms with E-state index in [1.807, 2.05) is 25.1 Å². The number of hydrogen-bond donors (Lipinski definition) is 4. The molecule has 0 saturated heterocycles. The number of rotatable bonds is 11. The number of carboxylic acids is 2. The molecule has 2 atom stereocenters. The van der Waals surface area contributed by atoms with Crippen molar-refractivity contribution in [2.75, 3.05) is 6.54 Å². The van der Waals surface area contributed by atoms with Crippen LogP contribution in [0.2, 0.25) is 5.02 Å². The van der Waals surface area contributed by atoms with Gasteiger partial charge in [0.05, 0.1) is 22.7 Å². The average molecular weight is 510 g/mol. The third-order valence-corrected chi connectivity index (χ3v) is 5.19. The molecule has 5 N–H and O–H groups in total. The van der Waals surface area contributed by atoms with Gasteiger partial charge in [-0.15, -0.1) is 0 Å². The minimum atomic E-state index is -1.22. The molecule has 0 amide bonds. The monoisotopic (exact) mass is 509 g/mol. The van der Waals surface area contributed by atoms with Crippen molar-refractivity contribution in [1.29, 1.82) is 0 Å². The fourth-order valence-corrected chi connectivity index (χ4v) is 3.25. The number of nitrogens with two attached hydrogens (primary N) is 1. The molecular formula is C23H28ClN3O8. The molecule has 0 spiro atoms. The van der Waals surface area contributed by atoms with E-state index in [0.717, 1.165) is 12.1 Å². The van der Waals surface area contributed by atoms with E-state index in [-0.39, 0.29) is 24.7 Å². The Kier molecular flexibility index (Phi) is 10.7. The molecule has 12 heteroatoms. The molecule has 2 aromatic heterocycles. The first kappa shape index (κ1) is 27.8. The van der Waals surface area contributed by atoms with E-state index in [2.05, 4.69) is 4.98 Å². The summed E-state index contributed by atoms with van der Waals surface area (Å²) < 4.78 is 12.2. The second-order valence-electron chi connectivity index (χ2n) is 7.57. The van der Waals surface area contributed by atoms with Crippen LogP contribution in [-0.4, -0.2) is 49.5 Å². The van der Waals surface area contributed by atoms with E-state index in [4.69, 9.17) is 41.8 Å². The fourth-order valence-electron chi connectivity index (χ4n) is 3.05. The van der Waals surface area contributed by atoms with Gasteiger partial charge in [0.1, 0.15) is 11.9 Å². The number of aryl methyl sites for hydroxylation is 1. The zero-order valence-corrected chi connectivity index (χ0v) is 19.8. The van der Waals surface area contributed by atoms with E-state index in [1.165, 1.54) is 16.7 Å². The van der Waals surface area contributed by atoms with Crippen molar-refractivity contribution in [2.45, 2.75) is 51.4 Å². The van der Waals surface area contributed by atoms with Gasteiger partial charge in [0.25, 0.3) is 0 Å². The molecule has 3 aromatic rings. The molecule has 0 saturated carbocycles. The van der Waals surface area contributed by atoms with Crippen molar-refractivity contribution < 1.29 is 34.1 Å². The Morgan fingerprint density at radius 1 is 1.26 bits per heavy atom. The lowest BCUT2D eigenvalue weighted by atomic mass is 10.1. The highest BCUT2D eigenvalue weighted by Gasteiger charge is 2.17. The van der Waals surface area contributed by atoms with Crippen LogP contribution in [0.4, 0.5) is 0 Å². The number of fused-ring (bicyclic) bond motifs is 1. The van der Waals surface area contributed by atoms with E-state index >= 15 is 0 Å². The number of aliphatic carboxylic acids is 2. The number of aromatic nitrogens is 2. The molecule has 0 aliphatic heterocycles. The number of nitrogens with zero attached hydrogens (tertiary/aromatic N) is 2. The predicted octanol–water partition coefficient (Wildman–Crippen LogP) is 2.82. The molecule has 0 bridgehead atoms. The number of hydrogen-bond acceptors (Lipinski definition) is 8. The topological polar surface area (TPSA) is 178 Å². The fraction of sp³-hybridized carbons (Fsp3) is 0.391. The summed E-state index contributed by atoms with van der Waals surface area (Å²) in [5, 5.41) is 26.0. The van der Waals surface area contributed by atoms with Crippen LogP contribution in [0, 0.1) is 0 Å². The summed E-state index contributed by atoms with van der Waals surface area (Å²) in [6.07, 6.45) is 1.65. The largest absolute Gasteiger partial charge is 0.483 e. The van der Waals surface area contributed by atoms with Crippen molar-refractivity contribution in [3.8, 4) is 5.75 Å². The van der Waals surface area contributed by atoms with Gasteiger partial charge in [-0.2, -0.15) is 0 Å². The number of halogens is 1. The zero-order chi connectivity index (χ0) is 26.0. The summed E-state index contributed by atoms with van der Waals surface area (Å²) in [6, 6.07) is 8.55. The van der Waals surface area contributed by atoms with Crippen LogP contribution in [0.25, 0.3) is 11.1 Å². The van der Waals surface area contributed by atoms with Crippen molar-refractivity contribution >= 4 is 34.6 Å². The lowest BCUT2D eigenvalue weighted by Crippen LogP contribution is -2.19. The van der Waals surface area contributed by atoms with Crippen LogP contribution in [0.3, 0.4) is 0 Å². The van der Waals surface area contributed by atoms with Crippen molar-refractivity contribution in [2.24, 2.45) is 5.73 Å². The van der Waals surface area contributed by atoms with Gasteiger partial charge in [0.2, 0.25) is 0 Å². The van der Waals surface area contributed by atoms with Crippen LogP contribution in [0.1, 0.15) is 44.4 Å². The average Bonchev–Trinajstić information content (AvgIpc) is 3.12. The van der Waals surface area contributed by atoms with Crippen LogP contribution < -0.4 is 16.2 Å². The van der Waals surface area contributed by atoms with Gasteiger partial charge in [-0.1, -0.05) is 17.7 Å². The van der Waals surface area contributed by atoms with Gasteiger partial charge in [-0.05, 0) is 50.9 Å². The third kappa shape index (κ3) is 8.39. The first-order valence-electron chi connectivity index (χ1n) is 10.9. The molecule has 0 aliphatic carbocycles. The van der Waals surface area contributed by atoms with Gasteiger partial charge in [-0.3, -0.25) is 14.3 Å². The number of benzene rings is 1. The molecule has 35 heavy (non-hydrogen) atoms. The van der Waals surface area contributed by atoms with Crippen molar-refractivity contribution in [3.63, 3.8) is 0 Å². The standard InChI is InChI=1S/C17H15ClN2O5.C6H13NO3/c1-10(12-4-2-3-6-19-12)24-14-9-15-13(8-11(14)18)20(17(23)25-15)7-5-16(21)22;7-4-2-1-3-5(8)6(9)10/h2-4,6,8-10H,5,7H2,1H3,(H,21,22);5,8H,1-4,7H2,(H,9,10)/t10-;5-/m10/s1. The summed E-state index contributed by atoms with van der Waals surface area (Å²) in [4.78, 5) is 36.9. The molecule has 3 rings (SSSR count). The summed E-state index contributed by atoms with van der Waals surface area (Å²) in [5.74, 6) is -2.44. The van der Waals surface area contributed by atoms with E-state index in [0.29, 0.717) is 35.7 Å². The molecule has 2 heterocycles. The number of carbonyl (C=O) groups is 2. The van der Waals surface area contributed by atoms with E-state index in [1.54, 1.807) is 6.20 Å².